The molecule has 0 aromatic carbocycles. The van der Waals surface area contributed by atoms with Gasteiger partial charge in [-0.2, -0.15) is 0 Å². The van der Waals surface area contributed by atoms with E-state index < -0.39 is 5.92 Å². The molecule has 1 aromatic rings. The topological polar surface area (TPSA) is 16.1 Å². The van der Waals surface area contributed by atoms with Crippen molar-refractivity contribution in [3.05, 3.63) is 22.8 Å². The van der Waals surface area contributed by atoms with E-state index in [1.165, 1.54) is 0 Å². The molecule has 0 bridgehead atoms. The van der Waals surface area contributed by atoms with Gasteiger partial charge in [-0.1, -0.05) is 6.07 Å². The van der Waals surface area contributed by atoms with Crippen LogP contribution in [0.25, 0.3) is 0 Å². The highest BCUT2D eigenvalue weighted by Gasteiger charge is 2.38. The van der Waals surface area contributed by atoms with E-state index in [0.717, 1.165) is 0 Å². The highest BCUT2D eigenvalue weighted by atomic mass is 79.9. The van der Waals surface area contributed by atoms with Gasteiger partial charge in [0, 0.05) is 13.0 Å². The Morgan fingerprint density at radius 3 is 2.79 bits per heavy atom. The standard InChI is InChI=1S/C9H9BrF2N2/c10-7-2-1-3-8(13-7)14-5-4-9(11,12)6-14/h1-3H,4-6H2. The summed E-state index contributed by atoms with van der Waals surface area (Å²) in [6.45, 7) is 0.146. The zero-order valence-corrected chi connectivity index (χ0v) is 8.97. The van der Waals surface area contributed by atoms with Gasteiger partial charge in [0.25, 0.3) is 5.92 Å². The van der Waals surface area contributed by atoms with E-state index in [2.05, 4.69) is 20.9 Å². The van der Waals surface area contributed by atoms with Crippen molar-refractivity contribution in [3.8, 4) is 0 Å². The molecule has 0 aliphatic carbocycles. The van der Waals surface area contributed by atoms with Gasteiger partial charge >= 0.3 is 0 Å². The molecule has 1 aromatic heterocycles. The largest absolute Gasteiger partial charge is 0.350 e. The molecule has 1 aliphatic heterocycles. The third-order valence-corrected chi connectivity index (χ3v) is 2.64. The number of pyridine rings is 1. The van der Waals surface area contributed by atoms with Crippen molar-refractivity contribution in [1.29, 1.82) is 0 Å². The van der Waals surface area contributed by atoms with Crippen LogP contribution in [0.2, 0.25) is 0 Å². The molecule has 2 rings (SSSR count). The average molecular weight is 263 g/mol. The fourth-order valence-electron chi connectivity index (χ4n) is 1.51. The second-order valence-electron chi connectivity index (χ2n) is 3.35. The van der Waals surface area contributed by atoms with Gasteiger partial charge in [-0.05, 0) is 28.1 Å². The summed E-state index contributed by atoms with van der Waals surface area (Å²) in [6.07, 6.45) is -0.0821. The van der Waals surface area contributed by atoms with Crippen molar-refractivity contribution in [2.45, 2.75) is 12.3 Å². The van der Waals surface area contributed by atoms with Crippen LogP contribution in [0.1, 0.15) is 6.42 Å². The Bertz CT molecular complexity index is 343. The fraction of sp³-hybridized carbons (Fsp3) is 0.444. The summed E-state index contributed by atoms with van der Waals surface area (Å²) in [4.78, 5) is 5.73. The number of hydrogen-bond acceptors (Lipinski definition) is 2. The Morgan fingerprint density at radius 1 is 1.43 bits per heavy atom. The smallest absolute Gasteiger partial charge is 0.266 e. The molecule has 0 amide bonds. The van der Waals surface area contributed by atoms with Gasteiger partial charge in [-0.15, -0.1) is 0 Å². The second-order valence-corrected chi connectivity index (χ2v) is 4.16. The van der Waals surface area contributed by atoms with Crippen molar-refractivity contribution < 1.29 is 8.78 Å². The Balaban J connectivity index is 2.17. The van der Waals surface area contributed by atoms with Crippen LogP contribution >= 0.6 is 15.9 Å². The maximum Gasteiger partial charge on any atom is 0.266 e. The van der Waals surface area contributed by atoms with Gasteiger partial charge in [0.2, 0.25) is 0 Å². The molecule has 0 unspecified atom stereocenters. The van der Waals surface area contributed by atoms with Gasteiger partial charge in [-0.3, -0.25) is 0 Å². The lowest BCUT2D eigenvalue weighted by molar-refractivity contribution is 0.0256. The van der Waals surface area contributed by atoms with Crippen LogP contribution in [-0.4, -0.2) is 24.0 Å². The number of aromatic nitrogens is 1. The van der Waals surface area contributed by atoms with Crippen LogP contribution in [0.5, 0.6) is 0 Å². The van der Waals surface area contributed by atoms with E-state index in [0.29, 0.717) is 17.0 Å². The summed E-state index contributed by atoms with van der Waals surface area (Å²) in [5, 5.41) is 0. The van der Waals surface area contributed by atoms with Crippen LogP contribution in [0, 0.1) is 0 Å². The molecular weight excluding hydrogens is 254 g/mol. The molecule has 0 N–H and O–H groups in total. The zero-order chi connectivity index (χ0) is 10.2. The predicted octanol–water partition coefficient (Wildman–Crippen LogP) is 2.69. The van der Waals surface area contributed by atoms with Crippen molar-refractivity contribution in [2.75, 3.05) is 18.0 Å². The molecule has 2 heterocycles. The minimum Gasteiger partial charge on any atom is -0.350 e. The van der Waals surface area contributed by atoms with Gasteiger partial charge in [0.1, 0.15) is 10.4 Å². The summed E-state index contributed by atoms with van der Waals surface area (Å²) in [5.74, 6) is -1.96. The van der Waals surface area contributed by atoms with Crippen molar-refractivity contribution in [2.24, 2.45) is 0 Å². The van der Waals surface area contributed by atoms with E-state index in [4.69, 9.17) is 0 Å². The highest BCUT2D eigenvalue weighted by molar-refractivity contribution is 9.10. The first kappa shape index (κ1) is 9.83. The number of nitrogens with zero attached hydrogens (tertiary/aromatic N) is 2. The minimum absolute atomic E-state index is 0.0821. The lowest BCUT2D eigenvalue weighted by Gasteiger charge is -2.16. The maximum absolute atomic E-state index is 12.9. The van der Waals surface area contributed by atoms with Gasteiger partial charge in [0.15, 0.2) is 0 Å². The molecule has 14 heavy (non-hydrogen) atoms. The molecule has 1 saturated heterocycles. The second kappa shape index (κ2) is 3.46. The van der Waals surface area contributed by atoms with Gasteiger partial charge < -0.3 is 4.90 Å². The molecule has 2 nitrogen and oxygen atoms in total. The monoisotopic (exact) mass is 262 g/mol. The third kappa shape index (κ3) is 2.03. The van der Waals surface area contributed by atoms with Crippen LogP contribution in [-0.2, 0) is 0 Å². The quantitative estimate of drug-likeness (QED) is 0.724. The molecule has 0 radical (unpaired) electrons. The Morgan fingerprint density at radius 2 is 2.21 bits per heavy atom. The van der Waals surface area contributed by atoms with E-state index in [9.17, 15) is 8.78 Å². The number of alkyl halides is 2. The zero-order valence-electron chi connectivity index (χ0n) is 7.38. The summed E-state index contributed by atoms with van der Waals surface area (Å²) in [6, 6.07) is 5.31. The number of rotatable bonds is 1. The molecule has 0 saturated carbocycles. The summed E-state index contributed by atoms with van der Waals surface area (Å²) < 4.78 is 26.5. The number of anilines is 1. The van der Waals surface area contributed by atoms with E-state index >= 15 is 0 Å². The van der Waals surface area contributed by atoms with Crippen LogP contribution in [0.4, 0.5) is 14.6 Å². The summed E-state index contributed by atoms with van der Waals surface area (Å²) in [5.41, 5.74) is 0. The molecule has 1 aliphatic rings. The Kier molecular flexibility index (Phi) is 2.43. The predicted molar refractivity (Wildman–Crippen MR) is 53.7 cm³/mol. The van der Waals surface area contributed by atoms with E-state index in [-0.39, 0.29) is 13.0 Å². The highest BCUT2D eigenvalue weighted by Crippen LogP contribution is 2.30. The Hall–Kier alpha value is -0.710. The minimum atomic E-state index is -2.57. The normalized spacial score (nSPS) is 20.1. The first-order valence-corrected chi connectivity index (χ1v) is 5.11. The lowest BCUT2D eigenvalue weighted by atomic mass is 10.3. The van der Waals surface area contributed by atoms with Gasteiger partial charge in [0.05, 0.1) is 6.54 Å². The van der Waals surface area contributed by atoms with Crippen molar-refractivity contribution in [1.82, 2.24) is 4.98 Å². The first-order valence-electron chi connectivity index (χ1n) is 4.32. The molecule has 5 heteroatoms. The summed E-state index contributed by atoms with van der Waals surface area (Å²) in [7, 11) is 0. The van der Waals surface area contributed by atoms with Crippen LogP contribution in [0.15, 0.2) is 22.8 Å². The molecule has 0 atom stereocenters. The van der Waals surface area contributed by atoms with Crippen LogP contribution in [0.3, 0.4) is 0 Å². The van der Waals surface area contributed by atoms with Crippen molar-refractivity contribution in [3.63, 3.8) is 0 Å². The Labute approximate surface area is 89.1 Å². The lowest BCUT2D eigenvalue weighted by Crippen LogP contribution is -2.25. The molecule has 0 spiro atoms. The van der Waals surface area contributed by atoms with Crippen LogP contribution < -0.4 is 4.90 Å². The SMILES string of the molecule is FC1(F)CCN(c2cccc(Br)n2)C1. The number of hydrogen-bond donors (Lipinski definition) is 0. The van der Waals surface area contributed by atoms with E-state index in [1.54, 1.807) is 23.1 Å². The molecule has 1 fully saturated rings. The van der Waals surface area contributed by atoms with E-state index in [1.807, 2.05) is 0 Å². The average Bonchev–Trinajstić information content (AvgIpc) is 2.46. The van der Waals surface area contributed by atoms with Gasteiger partial charge in [-0.25, -0.2) is 13.8 Å². The molecule has 76 valence electrons. The number of halogens is 3. The first-order chi connectivity index (χ1) is 6.57. The van der Waals surface area contributed by atoms with Crippen molar-refractivity contribution >= 4 is 21.7 Å². The third-order valence-electron chi connectivity index (χ3n) is 2.19. The summed E-state index contributed by atoms with van der Waals surface area (Å²) >= 11 is 3.21. The fourth-order valence-corrected chi connectivity index (χ4v) is 1.84. The maximum atomic E-state index is 12.9. The molecular formula is C9H9BrF2N2.